The van der Waals surface area contributed by atoms with Gasteiger partial charge in [0.2, 0.25) is 0 Å². The first-order chi connectivity index (χ1) is 9.38. The molecule has 2 rings (SSSR count). The van der Waals surface area contributed by atoms with Crippen molar-refractivity contribution in [1.29, 1.82) is 0 Å². The Kier molecular flexibility index (Phi) is 4.77. The van der Waals surface area contributed by atoms with Crippen molar-refractivity contribution in [2.45, 2.75) is 26.6 Å². The summed E-state index contributed by atoms with van der Waals surface area (Å²) in [6, 6.07) is 0. The van der Waals surface area contributed by atoms with Crippen LogP contribution in [-0.2, 0) is 12.7 Å². The van der Waals surface area contributed by atoms with Gasteiger partial charge in [0.05, 0.1) is 15.3 Å². The maximum atomic E-state index is 13.0. The lowest BCUT2D eigenvalue weighted by Crippen LogP contribution is -2.20. The van der Waals surface area contributed by atoms with Gasteiger partial charge in [-0.25, -0.2) is 4.98 Å². The summed E-state index contributed by atoms with van der Waals surface area (Å²) in [5, 5.41) is 3.41. The molecule has 0 saturated heterocycles. The van der Waals surface area contributed by atoms with Gasteiger partial charge in [0.25, 0.3) is 0 Å². The summed E-state index contributed by atoms with van der Waals surface area (Å²) in [5.41, 5.74) is 0.794. The van der Waals surface area contributed by atoms with Crippen LogP contribution in [0.3, 0.4) is 0 Å². The second-order valence-corrected chi connectivity index (χ2v) is 6.65. The predicted octanol–water partition coefficient (Wildman–Crippen LogP) is 4.03. The summed E-state index contributed by atoms with van der Waals surface area (Å²) in [7, 11) is 0. The third-order valence-electron chi connectivity index (χ3n) is 2.45. The highest BCUT2D eigenvalue weighted by Crippen LogP contribution is 2.38. The summed E-state index contributed by atoms with van der Waals surface area (Å²) in [6.45, 7) is 4.87. The average molecular weight is 321 g/mol. The van der Waals surface area contributed by atoms with E-state index >= 15 is 0 Å². The number of nitrogens with zero attached hydrogens (tertiary/aromatic N) is 2. The molecule has 0 saturated carbocycles. The first-order valence-corrected chi connectivity index (χ1v) is 7.74. The third-order valence-corrected chi connectivity index (χ3v) is 4.44. The van der Waals surface area contributed by atoms with E-state index in [1.54, 1.807) is 5.51 Å². The maximum absolute atomic E-state index is 13.0. The molecule has 0 fully saturated rings. The number of thiazole rings is 2. The van der Waals surface area contributed by atoms with Crippen molar-refractivity contribution in [2.75, 3.05) is 6.54 Å². The van der Waals surface area contributed by atoms with Gasteiger partial charge in [-0.2, -0.15) is 13.2 Å². The van der Waals surface area contributed by atoms with Gasteiger partial charge in [-0.05, 0) is 12.5 Å². The fourth-order valence-corrected chi connectivity index (χ4v) is 3.32. The number of halogens is 3. The van der Waals surface area contributed by atoms with Crippen LogP contribution in [0.5, 0.6) is 0 Å². The summed E-state index contributed by atoms with van der Waals surface area (Å²) >= 11 is 2.36. The zero-order valence-corrected chi connectivity index (χ0v) is 12.6. The Labute approximate surface area is 122 Å². The Morgan fingerprint density at radius 1 is 1.35 bits per heavy atom. The Hall–Kier alpha value is -0.990. The molecule has 8 heteroatoms. The molecule has 0 aliphatic carbocycles. The molecule has 0 spiro atoms. The van der Waals surface area contributed by atoms with Crippen LogP contribution in [0, 0.1) is 5.92 Å². The highest BCUT2D eigenvalue weighted by molar-refractivity contribution is 7.20. The molecular weight excluding hydrogens is 307 g/mol. The van der Waals surface area contributed by atoms with Crippen LogP contribution >= 0.6 is 22.7 Å². The molecule has 2 heterocycles. The van der Waals surface area contributed by atoms with Gasteiger partial charge < -0.3 is 5.32 Å². The van der Waals surface area contributed by atoms with E-state index in [0.717, 1.165) is 11.3 Å². The van der Waals surface area contributed by atoms with E-state index < -0.39 is 11.9 Å². The molecule has 0 radical (unpaired) electrons. The van der Waals surface area contributed by atoms with Crippen LogP contribution < -0.4 is 5.32 Å². The molecule has 0 aliphatic rings. The van der Waals surface area contributed by atoms with Crippen LogP contribution in [0.2, 0.25) is 0 Å². The van der Waals surface area contributed by atoms with Crippen molar-refractivity contribution in [1.82, 2.24) is 15.3 Å². The Balaban J connectivity index is 2.24. The number of nitrogens with one attached hydrogen (secondary N) is 1. The molecular formula is C12H14F3N3S2. The number of hydrogen-bond acceptors (Lipinski definition) is 5. The molecule has 110 valence electrons. The van der Waals surface area contributed by atoms with E-state index in [0.29, 0.717) is 22.3 Å². The maximum Gasteiger partial charge on any atom is 0.434 e. The Morgan fingerprint density at radius 3 is 2.65 bits per heavy atom. The molecule has 0 amide bonds. The van der Waals surface area contributed by atoms with Gasteiger partial charge in [0.15, 0.2) is 5.69 Å². The van der Waals surface area contributed by atoms with Crippen molar-refractivity contribution in [3.8, 4) is 9.88 Å². The Bertz CT molecular complexity index is 547. The molecule has 0 unspecified atom stereocenters. The highest BCUT2D eigenvalue weighted by Gasteiger charge is 2.37. The summed E-state index contributed by atoms with van der Waals surface area (Å²) in [6.07, 6.45) is -2.89. The molecule has 0 aromatic carbocycles. The van der Waals surface area contributed by atoms with Crippen LogP contribution in [0.1, 0.15) is 24.4 Å². The second kappa shape index (κ2) is 6.19. The van der Waals surface area contributed by atoms with Gasteiger partial charge in [-0.15, -0.1) is 22.7 Å². The van der Waals surface area contributed by atoms with E-state index in [9.17, 15) is 13.2 Å². The fourth-order valence-electron chi connectivity index (χ4n) is 1.59. The van der Waals surface area contributed by atoms with E-state index in [1.807, 2.05) is 13.8 Å². The normalized spacial score (nSPS) is 12.3. The molecule has 0 aliphatic heterocycles. The highest BCUT2D eigenvalue weighted by atomic mass is 32.1. The third kappa shape index (κ3) is 3.77. The lowest BCUT2D eigenvalue weighted by Gasteiger charge is -2.08. The summed E-state index contributed by atoms with van der Waals surface area (Å²) in [4.78, 5) is 8.51. The number of aromatic nitrogens is 2. The minimum atomic E-state index is -4.42. The average Bonchev–Trinajstić information content (AvgIpc) is 2.94. The number of rotatable bonds is 5. The minimum Gasteiger partial charge on any atom is -0.312 e. The molecule has 2 aromatic heterocycles. The van der Waals surface area contributed by atoms with Gasteiger partial charge in [0, 0.05) is 12.7 Å². The van der Waals surface area contributed by atoms with Crippen molar-refractivity contribution in [3.05, 3.63) is 22.3 Å². The van der Waals surface area contributed by atoms with E-state index in [2.05, 4.69) is 15.3 Å². The number of alkyl halides is 3. The molecule has 1 N–H and O–H groups in total. The zero-order chi connectivity index (χ0) is 14.8. The van der Waals surface area contributed by atoms with Gasteiger partial charge in [-0.3, -0.25) is 4.98 Å². The Morgan fingerprint density at radius 2 is 2.10 bits per heavy atom. The molecule has 0 bridgehead atoms. The smallest absolute Gasteiger partial charge is 0.312 e. The van der Waals surface area contributed by atoms with E-state index in [1.165, 1.54) is 17.5 Å². The zero-order valence-electron chi connectivity index (χ0n) is 11.0. The van der Waals surface area contributed by atoms with Crippen molar-refractivity contribution in [3.63, 3.8) is 0 Å². The summed E-state index contributed by atoms with van der Waals surface area (Å²) < 4.78 is 39.0. The topological polar surface area (TPSA) is 37.8 Å². The lowest BCUT2D eigenvalue weighted by molar-refractivity contribution is -0.141. The van der Waals surface area contributed by atoms with Crippen LogP contribution in [0.4, 0.5) is 13.2 Å². The van der Waals surface area contributed by atoms with Gasteiger partial charge in [-0.1, -0.05) is 13.8 Å². The monoisotopic (exact) mass is 321 g/mol. The van der Waals surface area contributed by atoms with Gasteiger partial charge in [0.1, 0.15) is 5.01 Å². The first-order valence-electron chi connectivity index (χ1n) is 6.04. The van der Waals surface area contributed by atoms with Gasteiger partial charge >= 0.3 is 6.18 Å². The van der Waals surface area contributed by atoms with Crippen LogP contribution in [0.25, 0.3) is 9.88 Å². The van der Waals surface area contributed by atoms with Crippen molar-refractivity contribution >= 4 is 22.7 Å². The molecule has 3 nitrogen and oxygen atoms in total. The molecule has 20 heavy (non-hydrogen) atoms. The largest absolute Gasteiger partial charge is 0.434 e. The van der Waals surface area contributed by atoms with E-state index in [4.69, 9.17) is 0 Å². The first kappa shape index (κ1) is 15.4. The minimum absolute atomic E-state index is 0.184. The van der Waals surface area contributed by atoms with Crippen molar-refractivity contribution < 1.29 is 13.2 Å². The quantitative estimate of drug-likeness (QED) is 0.903. The lowest BCUT2D eigenvalue weighted by atomic mass is 10.2. The van der Waals surface area contributed by atoms with Crippen molar-refractivity contribution in [2.24, 2.45) is 5.92 Å². The summed E-state index contributed by atoms with van der Waals surface area (Å²) in [5.74, 6) is 0.387. The SMILES string of the molecule is CC(C)CNCc1sc(-c2cncs2)nc1C(F)(F)F. The second-order valence-electron chi connectivity index (χ2n) is 4.68. The van der Waals surface area contributed by atoms with Crippen LogP contribution in [0.15, 0.2) is 11.7 Å². The predicted molar refractivity (Wildman–Crippen MR) is 74.8 cm³/mol. The fraction of sp³-hybridized carbons (Fsp3) is 0.500. The van der Waals surface area contributed by atoms with Crippen LogP contribution in [-0.4, -0.2) is 16.5 Å². The molecule has 0 atom stereocenters. The standard InChI is InChI=1S/C12H14F3N3S2/c1-7(2)3-16-4-8-10(12(13,14)15)18-11(20-8)9-5-17-6-19-9/h5-7,16H,3-4H2,1-2H3. The number of hydrogen-bond donors (Lipinski definition) is 1. The molecule has 2 aromatic rings. The van der Waals surface area contributed by atoms with E-state index in [-0.39, 0.29) is 11.4 Å².